The molecule has 3 amide bonds. The summed E-state index contributed by atoms with van der Waals surface area (Å²) in [6.45, 7) is 1.29. The van der Waals surface area contributed by atoms with Crippen LogP contribution in [0.15, 0.2) is 0 Å². The Hall–Kier alpha value is -2.11. The second-order valence-corrected chi connectivity index (χ2v) is 10.6. The van der Waals surface area contributed by atoms with Crippen molar-refractivity contribution in [2.75, 3.05) is 19.8 Å². The van der Waals surface area contributed by atoms with Crippen LogP contribution < -0.4 is 16.0 Å². The topological polar surface area (TPSA) is 295 Å². The smallest absolute Gasteiger partial charge is 0.217 e. The van der Waals surface area contributed by atoms with E-state index >= 15 is 0 Å². The highest BCUT2D eigenvalue weighted by Gasteiger charge is 2.52. The van der Waals surface area contributed by atoms with E-state index < -0.39 is 129 Å². The number of hydrogen-bond donors (Lipinski definition) is 11. The SMILES string of the molecule is CC(=O)N[C@H]1C(OC[C@H]2OC(O)[C@H](NC(C)=O)[C@@H](OC3O[C@H](CO)[C@@H](O)[C@H](O)[C@H]3NC(C)=O)[C@H]2O)O[C@H](CO)[C@@H](O)[C@@H]1O. The molecular weight excluding hydrogens is 586 g/mol. The molecule has 0 aromatic carbocycles. The molecule has 0 spiro atoms. The predicted molar refractivity (Wildman–Crippen MR) is 136 cm³/mol. The van der Waals surface area contributed by atoms with Crippen LogP contribution in [0.1, 0.15) is 20.8 Å². The summed E-state index contributed by atoms with van der Waals surface area (Å²) in [6, 6.07) is -4.19. The molecule has 43 heavy (non-hydrogen) atoms. The Morgan fingerprint density at radius 2 is 1.05 bits per heavy atom. The van der Waals surface area contributed by atoms with Crippen LogP contribution in [0.4, 0.5) is 0 Å². The average Bonchev–Trinajstić information content (AvgIpc) is 2.93. The van der Waals surface area contributed by atoms with Crippen molar-refractivity contribution in [2.45, 2.75) is 113 Å². The van der Waals surface area contributed by atoms with Crippen LogP contribution in [-0.2, 0) is 38.1 Å². The van der Waals surface area contributed by atoms with Gasteiger partial charge in [0.25, 0.3) is 0 Å². The fourth-order valence-corrected chi connectivity index (χ4v) is 5.17. The number of rotatable bonds is 10. The second-order valence-electron chi connectivity index (χ2n) is 10.6. The van der Waals surface area contributed by atoms with E-state index in [-0.39, 0.29) is 0 Å². The van der Waals surface area contributed by atoms with Gasteiger partial charge in [0.15, 0.2) is 18.9 Å². The first-order valence-corrected chi connectivity index (χ1v) is 13.5. The van der Waals surface area contributed by atoms with Crippen LogP contribution in [0.3, 0.4) is 0 Å². The Labute approximate surface area is 245 Å². The Bertz CT molecular complexity index is 962. The van der Waals surface area contributed by atoms with Gasteiger partial charge in [-0.25, -0.2) is 0 Å². The van der Waals surface area contributed by atoms with E-state index in [1.165, 1.54) is 0 Å². The van der Waals surface area contributed by atoms with Crippen molar-refractivity contribution in [3.8, 4) is 0 Å². The minimum absolute atomic E-state index is 0.603. The first-order chi connectivity index (χ1) is 20.2. The number of carbonyl (C=O) groups excluding carboxylic acids is 3. The number of carbonyl (C=O) groups is 3. The van der Waals surface area contributed by atoms with Crippen molar-refractivity contribution >= 4 is 17.7 Å². The second kappa shape index (κ2) is 15.3. The van der Waals surface area contributed by atoms with Gasteiger partial charge in [0.1, 0.15) is 73.1 Å². The van der Waals surface area contributed by atoms with Crippen molar-refractivity contribution in [1.82, 2.24) is 16.0 Å². The molecule has 0 aromatic rings. The highest BCUT2D eigenvalue weighted by molar-refractivity contribution is 5.74. The molecule has 3 heterocycles. The van der Waals surface area contributed by atoms with E-state index in [9.17, 15) is 55.2 Å². The first-order valence-electron chi connectivity index (χ1n) is 13.5. The molecule has 3 aliphatic rings. The number of amides is 3. The molecule has 248 valence electrons. The summed E-state index contributed by atoms with van der Waals surface area (Å²) in [5.41, 5.74) is 0. The summed E-state index contributed by atoms with van der Waals surface area (Å²) < 4.78 is 28.0. The van der Waals surface area contributed by atoms with Crippen LogP contribution in [-0.4, -0.2) is 170 Å². The molecule has 0 saturated carbocycles. The quantitative estimate of drug-likeness (QED) is 0.107. The lowest BCUT2D eigenvalue weighted by molar-refractivity contribution is -0.331. The van der Waals surface area contributed by atoms with Crippen LogP contribution in [0, 0.1) is 0 Å². The van der Waals surface area contributed by atoms with E-state index in [1.807, 2.05) is 0 Å². The molecule has 3 fully saturated rings. The van der Waals surface area contributed by atoms with E-state index in [4.69, 9.17) is 23.7 Å². The Balaban J connectivity index is 1.84. The lowest BCUT2D eigenvalue weighted by atomic mass is 9.94. The van der Waals surface area contributed by atoms with Crippen molar-refractivity contribution in [3.05, 3.63) is 0 Å². The third-order valence-electron chi connectivity index (χ3n) is 7.28. The largest absolute Gasteiger partial charge is 0.394 e. The molecule has 15 atom stereocenters. The van der Waals surface area contributed by atoms with Gasteiger partial charge in [0.2, 0.25) is 17.7 Å². The first kappa shape index (κ1) is 35.4. The van der Waals surface area contributed by atoms with Crippen molar-refractivity contribution in [2.24, 2.45) is 0 Å². The van der Waals surface area contributed by atoms with Gasteiger partial charge in [-0.15, -0.1) is 0 Å². The number of ether oxygens (including phenoxy) is 5. The fraction of sp³-hybridized carbons (Fsp3) is 0.875. The Morgan fingerprint density at radius 1 is 0.605 bits per heavy atom. The zero-order valence-electron chi connectivity index (χ0n) is 23.6. The Morgan fingerprint density at radius 3 is 1.51 bits per heavy atom. The van der Waals surface area contributed by atoms with Crippen LogP contribution in [0.25, 0.3) is 0 Å². The number of hydrogen-bond acceptors (Lipinski definition) is 16. The summed E-state index contributed by atoms with van der Waals surface area (Å²) >= 11 is 0. The molecule has 0 radical (unpaired) electrons. The molecule has 0 aliphatic carbocycles. The third-order valence-corrected chi connectivity index (χ3v) is 7.28. The summed E-state index contributed by atoms with van der Waals surface area (Å²) in [4.78, 5) is 35.4. The van der Waals surface area contributed by atoms with Crippen LogP contribution in [0.5, 0.6) is 0 Å². The molecule has 0 bridgehead atoms. The van der Waals surface area contributed by atoms with Crippen molar-refractivity contribution in [1.29, 1.82) is 0 Å². The van der Waals surface area contributed by atoms with E-state index in [0.717, 1.165) is 20.8 Å². The molecule has 19 heteroatoms. The maximum Gasteiger partial charge on any atom is 0.217 e. The van der Waals surface area contributed by atoms with Gasteiger partial charge in [0, 0.05) is 20.8 Å². The predicted octanol–water partition coefficient (Wildman–Crippen LogP) is -7.14. The van der Waals surface area contributed by atoms with Gasteiger partial charge in [0.05, 0.1) is 19.8 Å². The number of aliphatic hydroxyl groups is 8. The zero-order valence-corrected chi connectivity index (χ0v) is 23.6. The minimum atomic E-state index is -1.84. The van der Waals surface area contributed by atoms with Crippen molar-refractivity contribution < 1.29 is 78.9 Å². The summed E-state index contributed by atoms with van der Waals surface area (Å²) in [6.07, 6.45) is -18.9. The van der Waals surface area contributed by atoms with Gasteiger partial charge in [-0.3, -0.25) is 14.4 Å². The van der Waals surface area contributed by atoms with Crippen LogP contribution in [0.2, 0.25) is 0 Å². The van der Waals surface area contributed by atoms with E-state index in [1.54, 1.807) is 0 Å². The van der Waals surface area contributed by atoms with Gasteiger partial charge < -0.3 is 80.5 Å². The molecule has 3 saturated heterocycles. The van der Waals surface area contributed by atoms with E-state index in [2.05, 4.69) is 16.0 Å². The highest BCUT2D eigenvalue weighted by Crippen LogP contribution is 2.30. The standard InChI is InChI=1S/C24H41N3O16/c1-7(30)25-13-19(36)16(33)10(4-28)41-23(13)39-6-12-18(35)21(15(22(38)40-12)27-9(3)32)43-24-14(26-8(2)31)20(37)17(34)11(5-29)42-24/h10-24,28-29,33-38H,4-6H2,1-3H3,(H,25,30)(H,26,31)(H,27,32)/t10-,11-,12-,13-,14-,15-,16-,17-,18+,19-,20-,21-,22?,23?,24?/m1/s1. The van der Waals surface area contributed by atoms with Gasteiger partial charge >= 0.3 is 0 Å². The Kier molecular flexibility index (Phi) is 12.5. The maximum atomic E-state index is 11.9. The molecule has 3 unspecified atom stereocenters. The van der Waals surface area contributed by atoms with Gasteiger partial charge in [-0.2, -0.15) is 0 Å². The highest BCUT2D eigenvalue weighted by atomic mass is 16.7. The maximum absolute atomic E-state index is 11.9. The van der Waals surface area contributed by atoms with Crippen LogP contribution >= 0.6 is 0 Å². The fourth-order valence-electron chi connectivity index (χ4n) is 5.17. The molecule has 19 nitrogen and oxygen atoms in total. The monoisotopic (exact) mass is 627 g/mol. The van der Waals surface area contributed by atoms with E-state index in [0.29, 0.717) is 0 Å². The van der Waals surface area contributed by atoms with Gasteiger partial charge in [-0.1, -0.05) is 0 Å². The summed E-state index contributed by atoms with van der Waals surface area (Å²) in [5, 5.41) is 89.8. The normalized spacial score (nSPS) is 43.5. The number of aliphatic hydroxyl groups excluding tert-OH is 8. The number of nitrogens with one attached hydrogen (secondary N) is 3. The summed E-state index contributed by atoms with van der Waals surface area (Å²) in [5.74, 6) is -1.92. The lowest BCUT2D eigenvalue weighted by Crippen LogP contribution is -2.69. The zero-order chi connectivity index (χ0) is 32.2. The average molecular weight is 628 g/mol. The third kappa shape index (κ3) is 8.34. The van der Waals surface area contributed by atoms with Gasteiger partial charge in [-0.05, 0) is 0 Å². The van der Waals surface area contributed by atoms with Crippen molar-refractivity contribution in [3.63, 3.8) is 0 Å². The molecular formula is C24H41N3O16. The molecule has 0 aromatic heterocycles. The molecule has 3 aliphatic heterocycles. The minimum Gasteiger partial charge on any atom is -0.394 e. The molecule has 3 rings (SSSR count). The molecule has 11 N–H and O–H groups in total. The lowest BCUT2D eigenvalue weighted by Gasteiger charge is -2.48. The summed E-state index contributed by atoms with van der Waals surface area (Å²) in [7, 11) is 0.